The highest BCUT2D eigenvalue weighted by atomic mass is 32.2. The van der Waals surface area contributed by atoms with Crippen LogP contribution in [0.2, 0.25) is 0 Å². The lowest BCUT2D eigenvalue weighted by molar-refractivity contribution is -0.113. The van der Waals surface area contributed by atoms with Gasteiger partial charge in [0.25, 0.3) is 0 Å². The van der Waals surface area contributed by atoms with Crippen LogP contribution in [-0.4, -0.2) is 33.4 Å². The number of aromatic nitrogens is 3. The maximum absolute atomic E-state index is 11.7. The Morgan fingerprint density at radius 3 is 2.80 bits per heavy atom. The van der Waals surface area contributed by atoms with E-state index in [0.29, 0.717) is 17.5 Å². The van der Waals surface area contributed by atoms with Crippen LogP contribution in [0.25, 0.3) is 0 Å². The summed E-state index contributed by atoms with van der Waals surface area (Å²) in [7, 11) is 0. The average Bonchev–Trinajstić information content (AvgIpc) is 2.85. The van der Waals surface area contributed by atoms with Crippen molar-refractivity contribution in [3.63, 3.8) is 0 Å². The maximum Gasteiger partial charge on any atom is 0.234 e. The molecule has 0 bridgehead atoms. The molecule has 0 aliphatic rings. The number of nitrogens with zero attached hydrogens (tertiary/aromatic N) is 2. The van der Waals surface area contributed by atoms with Gasteiger partial charge in [-0.2, -0.15) is 4.98 Å². The summed E-state index contributed by atoms with van der Waals surface area (Å²) in [4.78, 5) is 15.6. The molecule has 1 amide bonds. The van der Waals surface area contributed by atoms with Gasteiger partial charge in [0.05, 0.1) is 12.4 Å². The molecule has 8 heteroatoms. The number of nitrogens with two attached hydrogens (primary N) is 1. The van der Waals surface area contributed by atoms with E-state index in [1.807, 2.05) is 19.1 Å². The number of thioether (sulfide) groups is 1. The fraction of sp³-hybridized carbons (Fsp3) is 0.250. The van der Waals surface area contributed by atoms with Gasteiger partial charge >= 0.3 is 0 Å². The molecule has 7 nitrogen and oxygen atoms in total. The smallest absolute Gasteiger partial charge is 0.234 e. The fourth-order valence-electron chi connectivity index (χ4n) is 1.45. The molecule has 0 aliphatic carbocycles. The molecule has 20 heavy (non-hydrogen) atoms. The second-order valence-corrected chi connectivity index (χ2v) is 4.74. The highest BCUT2D eigenvalue weighted by molar-refractivity contribution is 7.99. The number of anilines is 2. The SMILES string of the molecule is CCOc1ccc(NC(=O)CSc2n[nH]c(N)n2)cc1. The second-order valence-electron chi connectivity index (χ2n) is 3.80. The quantitative estimate of drug-likeness (QED) is 0.697. The first-order chi connectivity index (χ1) is 9.67. The third-order valence-corrected chi connectivity index (χ3v) is 3.11. The lowest BCUT2D eigenvalue weighted by Gasteiger charge is -2.06. The van der Waals surface area contributed by atoms with Crippen molar-refractivity contribution < 1.29 is 9.53 Å². The number of hydrogen-bond donors (Lipinski definition) is 3. The Morgan fingerprint density at radius 1 is 1.45 bits per heavy atom. The Bertz CT molecular complexity index is 569. The summed E-state index contributed by atoms with van der Waals surface area (Å²) in [6.45, 7) is 2.53. The lowest BCUT2D eigenvalue weighted by atomic mass is 10.3. The number of nitrogens with one attached hydrogen (secondary N) is 2. The van der Waals surface area contributed by atoms with Gasteiger partial charge in [0.1, 0.15) is 5.75 Å². The van der Waals surface area contributed by atoms with Crippen molar-refractivity contribution in [3.8, 4) is 5.75 Å². The van der Waals surface area contributed by atoms with Crippen molar-refractivity contribution >= 4 is 29.3 Å². The highest BCUT2D eigenvalue weighted by Crippen LogP contribution is 2.17. The summed E-state index contributed by atoms with van der Waals surface area (Å²) in [5.74, 6) is 1.09. The van der Waals surface area contributed by atoms with E-state index < -0.39 is 0 Å². The van der Waals surface area contributed by atoms with Crippen LogP contribution in [-0.2, 0) is 4.79 Å². The summed E-state index contributed by atoms with van der Waals surface area (Å²) in [5.41, 5.74) is 6.11. The predicted molar refractivity (Wildman–Crippen MR) is 77.8 cm³/mol. The van der Waals surface area contributed by atoms with Crippen molar-refractivity contribution in [2.45, 2.75) is 12.1 Å². The fourth-order valence-corrected chi connectivity index (χ4v) is 2.06. The number of nitrogen functional groups attached to an aromatic ring is 1. The molecule has 1 aromatic carbocycles. The largest absolute Gasteiger partial charge is 0.494 e. The molecule has 0 saturated carbocycles. The number of carbonyl (C=O) groups excluding carboxylic acids is 1. The molecular formula is C12H15N5O2S. The van der Waals surface area contributed by atoms with E-state index in [1.54, 1.807) is 12.1 Å². The molecule has 4 N–H and O–H groups in total. The molecule has 1 heterocycles. The molecule has 2 aromatic rings. The Hall–Kier alpha value is -2.22. The molecule has 0 aliphatic heterocycles. The van der Waals surface area contributed by atoms with Gasteiger partial charge in [-0.05, 0) is 31.2 Å². The molecule has 0 saturated heterocycles. The van der Waals surface area contributed by atoms with E-state index >= 15 is 0 Å². The Kier molecular flexibility index (Phi) is 4.83. The number of carbonyl (C=O) groups is 1. The average molecular weight is 293 g/mol. The van der Waals surface area contributed by atoms with Gasteiger partial charge in [-0.25, -0.2) is 5.10 Å². The van der Waals surface area contributed by atoms with E-state index in [-0.39, 0.29) is 17.6 Å². The number of aromatic amines is 1. The molecule has 1 aromatic heterocycles. The molecule has 106 valence electrons. The summed E-state index contributed by atoms with van der Waals surface area (Å²) in [6.07, 6.45) is 0. The monoisotopic (exact) mass is 293 g/mol. The number of H-pyrrole nitrogens is 1. The topological polar surface area (TPSA) is 106 Å². The predicted octanol–water partition coefficient (Wildman–Crippen LogP) is 1.52. The van der Waals surface area contributed by atoms with Gasteiger partial charge in [-0.15, -0.1) is 5.10 Å². The number of amides is 1. The summed E-state index contributed by atoms with van der Waals surface area (Å²) < 4.78 is 5.32. The Balaban J connectivity index is 1.81. The van der Waals surface area contributed by atoms with E-state index in [2.05, 4.69) is 20.5 Å². The van der Waals surface area contributed by atoms with Gasteiger partial charge in [-0.3, -0.25) is 4.79 Å². The van der Waals surface area contributed by atoms with Crippen LogP contribution in [0.1, 0.15) is 6.92 Å². The van der Waals surface area contributed by atoms with Crippen molar-refractivity contribution in [2.75, 3.05) is 23.4 Å². The van der Waals surface area contributed by atoms with Gasteiger partial charge in [0.15, 0.2) is 0 Å². The molecule has 0 atom stereocenters. The van der Waals surface area contributed by atoms with Crippen LogP contribution in [0, 0.1) is 0 Å². The van der Waals surface area contributed by atoms with Gasteiger partial charge in [-0.1, -0.05) is 11.8 Å². The molecule has 0 unspecified atom stereocenters. The zero-order valence-corrected chi connectivity index (χ0v) is 11.7. The summed E-state index contributed by atoms with van der Waals surface area (Å²) in [5, 5.41) is 9.57. The van der Waals surface area contributed by atoms with Crippen LogP contribution >= 0.6 is 11.8 Å². The summed E-state index contributed by atoms with van der Waals surface area (Å²) >= 11 is 1.21. The van der Waals surface area contributed by atoms with E-state index in [1.165, 1.54) is 11.8 Å². The van der Waals surface area contributed by atoms with Crippen molar-refractivity contribution in [2.24, 2.45) is 0 Å². The van der Waals surface area contributed by atoms with E-state index in [4.69, 9.17) is 10.5 Å². The molecule has 2 rings (SSSR count). The standard InChI is InChI=1S/C12H15N5O2S/c1-2-19-9-5-3-8(4-6-9)14-10(18)7-20-12-15-11(13)16-17-12/h3-6H,2,7H2,1H3,(H,14,18)(H3,13,15,16,17). The minimum atomic E-state index is -0.137. The van der Waals surface area contributed by atoms with Gasteiger partial charge in [0, 0.05) is 5.69 Å². The Labute approximate surface area is 120 Å². The van der Waals surface area contributed by atoms with Crippen LogP contribution < -0.4 is 15.8 Å². The maximum atomic E-state index is 11.7. The molecule has 0 fully saturated rings. The molecular weight excluding hydrogens is 278 g/mol. The Morgan fingerprint density at radius 2 is 2.20 bits per heavy atom. The first-order valence-corrected chi connectivity index (χ1v) is 6.99. The van der Waals surface area contributed by atoms with E-state index in [0.717, 1.165) is 5.75 Å². The molecule has 0 radical (unpaired) electrons. The van der Waals surface area contributed by atoms with Crippen LogP contribution in [0.5, 0.6) is 5.75 Å². The number of rotatable bonds is 6. The molecule has 0 spiro atoms. The number of hydrogen-bond acceptors (Lipinski definition) is 6. The minimum absolute atomic E-state index is 0.137. The third kappa shape index (κ3) is 4.16. The van der Waals surface area contributed by atoms with Crippen LogP contribution in [0.15, 0.2) is 29.4 Å². The summed E-state index contributed by atoms with van der Waals surface area (Å²) in [6, 6.07) is 7.20. The van der Waals surface area contributed by atoms with E-state index in [9.17, 15) is 4.79 Å². The third-order valence-electron chi connectivity index (χ3n) is 2.26. The zero-order valence-electron chi connectivity index (χ0n) is 10.9. The van der Waals surface area contributed by atoms with Crippen molar-refractivity contribution in [3.05, 3.63) is 24.3 Å². The normalized spacial score (nSPS) is 10.2. The van der Waals surface area contributed by atoms with Crippen molar-refractivity contribution in [1.29, 1.82) is 0 Å². The lowest BCUT2D eigenvalue weighted by Crippen LogP contribution is -2.14. The highest BCUT2D eigenvalue weighted by Gasteiger charge is 2.07. The van der Waals surface area contributed by atoms with Crippen LogP contribution in [0.4, 0.5) is 11.6 Å². The first kappa shape index (κ1) is 14.2. The van der Waals surface area contributed by atoms with Crippen molar-refractivity contribution in [1.82, 2.24) is 15.2 Å². The second kappa shape index (κ2) is 6.80. The number of benzene rings is 1. The minimum Gasteiger partial charge on any atom is -0.494 e. The van der Waals surface area contributed by atoms with Crippen LogP contribution in [0.3, 0.4) is 0 Å². The first-order valence-electron chi connectivity index (χ1n) is 6.00. The van der Waals surface area contributed by atoms with Gasteiger partial charge in [0.2, 0.25) is 17.0 Å². The van der Waals surface area contributed by atoms with Gasteiger partial charge < -0.3 is 15.8 Å². The number of ether oxygens (including phenoxy) is 1. The zero-order chi connectivity index (χ0) is 14.4.